The summed E-state index contributed by atoms with van der Waals surface area (Å²) in [6, 6.07) is 4.52. The highest BCUT2D eigenvalue weighted by Crippen LogP contribution is 2.21. The summed E-state index contributed by atoms with van der Waals surface area (Å²) < 4.78 is 0. The molecule has 5 nitrogen and oxygen atoms in total. The molecule has 0 spiro atoms. The van der Waals surface area contributed by atoms with E-state index in [1.54, 1.807) is 6.07 Å². The number of phenolic OH excluding ortho intramolecular Hbond substituents is 1. The average molecular weight is 326 g/mol. The summed E-state index contributed by atoms with van der Waals surface area (Å²) in [5, 5.41) is 13.0. The Morgan fingerprint density at radius 3 is 2.68 bits per heavy atom. The standard InChI is InChI=1S/C16H24ClN3O2/c1-12(11-20-7-5-19(2)6-8-20)10-18-16(22)14-4-3-13(17)9-15(14)21/h3-4,9,12,21H,5-8,10-11H2,1-2H3,(H,18,22)/t12-/m1/s1. The molecule has 0 aliphatic carbocycles. The summed E-state index contributed by atoms with van der Waals surface area (Å²) in [5.41, 5.74) is 0.260. The molecular weight excluding hydrogens is 302 g/mol. The lowest BCUT2D eigenvalue weighted by molar-refractivity contribution is 0.0935. The van der Waals surface area contributed by atoms with Crippen LogP contribution >= 0.6 is 11.6 Å². The number of carbonyl (C=O) groups excluding carboxylic acids is 1. The molecule has 1 fully saturated rings. The molecule has 0 bridgehead atoms. The van der Waals surface area contributed by atoms with Crippen molar-refractivity contribution >= 4 is 17.5 Å². The normalized spacial score (nSPS) is 18.1. The molecule has 1 amide bonds. The minimum absolute atomic E-state index is 0.0864. The molecule has 6 heteroatoms. The quantitative estimate of drug-likeness (QED) is 0.864. The number of nitrogens with zero attached hydrogens (tertiary/aromatic N) is 2. The Balaban J connectivity index is 1.78. The number of phenols is 1. The van der Waals surface area contributed by atoms with Gasteiger partial charge in [0.2, 0.25) is 0 Å². The van der Waals surface area contributed by atoms with E-state index in [2.05, 4.69) is 29.1 Å². The number of hydrogen-bond acceptors (Lipinski definition) is 4. The number of likely N-dealkylation sites (N-methyl/N-ethyl adjacent to an activating group) is 1. The Kier molecular flexibility index (Phi) is 6.06. The Hall–Kier alpha value is -1.30. The number of nitrogens with one attached hydrogen (secondary N) is 1. The average Bonchev–Trinajstić information content (AvgIpc) is 2.47. The van der Waals surface area contributed by atoms with Crippen LogP contribution in [0, 0.1) is 5.92 Å². The number of halogens is 1. The van der Waals surface area contributed by atoms with Crippen molar-refractivity contribution < 1.29 is 9.90 Å². The lowest BCUT2D eigenvalue weighted by atomic mass is 10.1. The first-order chi connectivity index (χ1) is 10.5. The highest BCUT2D eigenvalue weighted by atomic mass is 35.5. The molecule has 1 aromatic rings. The van der Waals surface area contributed by atoms with Crippen molar-refractivity contribution in [1.29, 1.82) is 0 Å². The van der Waals surface area contributed by atoms with Gasteiger partial charge in [0.1, 0.15) is 5.75 Å². The number of aromatic hydroxyl groups is 1. The summed E-state index contributed by atoms with van der Waals surface area (Å²) in [4.78, 5) is 16.8. The summed E-state index contributed by atoms with van der Waals surface area (Å²) >= 11 is 5.77. The number of piperazine rings is 1. The van der Waals surface area contributed by atoms with Crippen molar-refractivity contribution in [2.75, 3.05) is 46.3 Å². The number of benzene rings is 1. The van der Waals surface area contributed by atoms with E-state index in [9.17, 15) is 9.90 Å². The third-order valence-corrected chi connectivity index (χ3v) is 4.22. The van der Waals surface area contributed by atoms with Crippen LogP contribution in [-0.4, -0.2) is 67.1 Å². The van der Waals surface area contributed by atoms with Crippen LogP contribution in [0.25, 0.3) is 0 Å². The molecule has 122 valence electrons. The van der Waals surface area contributed by atoms with Crippen molar-refractivity contribution in [3.63, 3.8) is 0 Å². The molecule has 0 aromatic heterocycles. The molecule has 1 aromatic carbocycles. The maximum absolute atomic E-state index is 12.1. The molecular formula is C16H24ClN3O2. The van der Waals surface area contributed by atoms with E-state index in [0.29, 0.717) is 17.5 Å². The van der Waals surface area contributed by atoms with E-state index >= 15 is 0 Å². The molecule has 0 radical (unpaired) electrons. The predicted molar refractivity (Wildman–Crippen MR) is 88.6 cm³/mol. The third kappa shape index (κ3) is 4.87. The largest absolute Gasteiger partial charge is 0.507 e. The number of amides is 1. The van der Waals surface area contributed by atoms with Gasteiger partial charge in [0.15, 0.2) is 0 Å². The zero-order chi connectivity index (χ0) is 16.1. The van der Waals surface area contributed by atoms with Gasteiger partial charge in [-0.05, 0) is 31.2 Å². The van der Waals surface area contributed by atoms with E-state index < -0.39 is 0 Å². The summed E-state index contributed by atoms with van der Waals surface area (Å²) in [5.74, 6) is 0.0120. The lowest BCUT2D eigenvalue weighted by Crippen LogP contribution is -2.46. The van der Waals surface area contributed by atoms with Crippen molar-refractivity contribution in [2.45, 2.75) is 6.92 Å². The molecule has 0 unspecified atom stereocenters. The van der Waals surface area contributed by atoms with Crippen molar-refractivity contribution in [3.05, 3.63) is 28.8 Å². The molecule has 1 saturated heterocycles. The summed E-state index contributed by atoms with van der Waals surface area (Å²) in [6.07, 6.45) is 0. The van der Waals surface area contributed by atoms with E-state index in [0.717, 1.165) is 32.7 Å². The first-order valence-electron chi connectivity index (χ1n) is 7.63. The van der Waals surface area contributed by atoms with Crippen LogP contribution in [0.5, 0.6) is 5.75 Å². The van der Waals surface area contributed by atoms with Crippen LogP contribution in [-0.2, 0) is 0 Å². The van der Waals surface area contributed by atoms with Gasteiger partial charge in [-0.1, -0.05) is 18.5 Å². The van der Waals surface area contributed by atoms with Crippen molar-refractivity contribution in [3.8, 4) is 5.75 Å². The SMILES string of the molecule is C[C@H](CNC(=O)c1ccc(Cl)cc1O)CN1CCN(C)CC1. The van der Waals surface area contributed by atoms with Crippen molar-refractivity contribution in [2.24, 2.45) is 5.92 Å². The van der Waals surface area contributed by atoms with Crippen LogP contribution < -0.4 is 5.32 Å². The van der Waals surface area contributed by atoms with Crippen LogP contribution in [0.15, 0.2) is 18.2 Å². The smallest absolute Gasteiger partial charge is 0.255 e. The number of hydrogen-bond donors (Lipinski definition) is 2. The second kappa shape index (κ2) is 7.81. The molecule has 1 aliphatic rings. The van der Waals surface area contributed by atoms with Gasteiger partial charge in [-0.15, -0.1) is 0 Å². The fourth-order valence-corrected chi connectivity index (χ4v) is 2.76. The minimum Gasteiger partial charge on any atom is -0.507 e. The first kappa shape index (κ1) is 17.1. The Labute approximate surface area is 136 Å². The summed E-state index contributed by atoms with van der Waals surface area (Å²) in [7, 11) is 2.14. The van der Waals surface area contributed by atoms with Gasteiger partial charge >= 0.3 is 0 Å². The van der Waals surface area contributed by atoms with Crippen LogP contribution in [0.4, 0.5) is 0 Å². The number of rotatable bonds is 5. The van der Waals surface area contributed by atoms with Crippen LogP contribution in [0.2, 0.25) is 5.02 Å². The molecule has 22 heavy (non-hydrogen) atoms. The van der Waals surface area contributed by atoms with Crippen molar-refractivity contribution in [1.82, 2.24) is 15.1 Å². The fraction of sp³-hybridized carbons (Fsp3) is 0.562. The highest BCUT2D eigenvalue weighted by molar-refractivity contribution is 6.30. The zero-order valence-corrected chi connectivity index (χ0v) is 13.9. The fourth-order valence-electron chi connectivity index (χ4n) is 2.59. The van der Waals surface area contributed by atoms with Gasteiger partial charge in [-0.2, -0.15) is 0 Å². The lowest BCUT2D eigenvalue weighted by Gasteiger charge is -2.33. The van der Waals surface area contributed by atoms with Gasteiger partial charge in [-0.3, -0.25) is 4.79 Å². The van der Waals surface area contributed by atoms with Gasteiger partial charge < -0.3 is 20.2 Å². The topological polar surface area (TPSA) is 55.8 Å². The third-order valence-electron chi connectivity index (χ3n) is 3.98. The van der Waals surface area contributed by atoms with Crippen LogP contribution in [0.1, 0.15) is 17.3 Å². The monoisotopic (exact) mass is 325 g/mol. The second-order valence-electron chi connectivity index (χ2n) is 6.08. The summed E-state index contributed by atoms with van der Waals surface area (Å²) in [6.45, 7) is 8.03. The van der Waals surface area contributed by atoms with E-state index in [-0.39, 0.29) is 17.2 Å². The molecule has 2 rings (SSSR count). The minimum atomic E-state index is -0.264. The van der Waals surface area contributed by atoms with E-state index in [1.165, 1.54) is 12.1 Å². The predicted octanol–water partition coefficient (Wildman–Crippen LogP) is 1.66. The number of carbonyl (C=O) groups is 1. The highest BCUT2D eigenvalue weighted by Gasteiger charge is 2.17. The van der Waals surface area contributed by atoms with Gasteiger partial charge in [0, 0.05) is 44.3 Å². The molecule has 2 N–H and O–H groups in total. The zero-order valence-electron chi connectivity index (χ0n) is 13.2. The maximum atomic E-state index is 12.1. The first-order valence-corrected chi connectivity index (χ1v) is 8.01. The molecule has 1 atom stereocenters. The van der Waals surface area contributed by atoms with Gasteiger partial charge in [0.25, 0.3) is 5.91 Å². The second-order valence-corrected chi connectivity index (χ2v) is 6.52. The maximum Gasteiger partial charge on any atom is 0.255 e. The molecule has 1 aliphatic heterocycles. The Morgan fingerprint density at radius 2 is 2.05 bits per heavy atom. The van der Waals surface area contributed by atoms with Gasteiger partial charge in [0.05, 0.1) is 5.56 Å². The molecule has 0 saturated carbocycles. The van der Waals surface area contributed by atoms with E-state index in [1.807, 2.05) is 0 Å². The molecule has 1 heterocycles. The van der Waals surface area contributed by atoms with E-state index in [4.69, 9.17) is 11.6 Å². The van der Waals surface area contributed by atoms with Crippen LogP contribution in [0.3, 0.4) is 0 Å². The Morgan fingerprint density at radius 1 is 1.36 bits per heavy atom. The Bertz CT molecular complexity index is 516. The van der Waals surface area contributed by atoms with Gasteiger partial charge in [-0.25, -0.2) is 0 Å².